The van der Waals surface area contributed by atoms with Crippen LogP contribution >= 0.6 is 0 Å². The standard InChI is InChI=1S/C23H21NO5/c1-3-16-10-12-17(13-11-16)21(25)15(2)29-23(27)18-7-4-5-8-19(18)24-22(26)20-9-6-14-28-20/h4-15H,3H2,1-2H3,(H,24,26). The van der Waals surface area contributed by atoms with Crippen LogP contribution in [0.2, 0.25) is 0 Å². The summed E-state index contributed by atoms with van der Waals surface area (Å²) in [5.41, 5.74) is 2.01. The van der Waals surface area contributed by atoms with E-state index in [0.29, 0.717) is 5.56 Å². The zero-order valence-corrected chi connectivity index (χ0v) is 16.2. The molecule has 6 nitrogen and oxygen atoms in total. The van der Waals surface area contributed by atoms with Gasteiger partial charge >= 0.3 is 5.97 Å². The number of nitrogens with one attached hydrogen (secondary N) is 1. The predicted molar refractivity (Wildman–Crippen MR) is 108 cm³/mol. The van der Waals surface area contributed by atoms with E-state index in [-0.39, 0.29) is 22.8 Å². The molecule has 3 aromatic rings. The maximum absolute atomic E-state index is 12.6. The van der Waals surface area contributed by atoms with Crippen molar-refractivity contribution in [1.29, 1.82) is 0 Å². The molecule has 29 heavy (non-hydrogen) atoms. The molecule has 1 heterocycles. The molecule has 0 bridgehead atoms. The van der Waals surface area contributed by atoms with Crippen LogP contribution in [0.1, 0.15) is 50.7 Å². The topological polar surface area (TPSA) is 85.6 Å². The van der Waals surface area contributed by atoms with Crippen LogP contribution in [-0.4, -0.2) is 23.8 Å². The predicted octanol–water partition coefficient (Wildman–Crippen LogP) is 4.52. The van der Waals surface area contributed by atoms with Crippen LogP contribution in [0.25, 0.3) is 0 Å². The van der Waals surface area contributed by atoms with Crippen molar-refractivity contribution >= 4 is 23.3 Å². The fourth-order valence-electron chi connectivity index (χ4n) is 2.78. The third-order valence-corrected chi connectivity index (χ3v) is 4.44. The Kier molecular flexibility index (Phi) is 6.24. The number of carbonyl (C=O) groups excluding carboxylic acids is 3. The summed E-state index contributed by atoms with van der Waals surface area (Å²) in [7, 11) is 0. The number of ketones is 1. The highest BCUT2D eigenvalue weighted by Crippen LogP contribution is 2.19. The highest BCUT2D eigenvalue weighted by atomic mass is 16.5. The lowest BCUT2D eigenvalue weighted by atomic mass is 10.0. The van der Waals surface area contributed by atoms with E-state index in [1.54, 1.807) is 36.4 Å². The van der Waals surface area contributed by atoms with Crippen molar-refractivity contribution in [2.75, 3.05) is 5.32 Å². The van der Waals surface area contributed by atoms with E-state index in [9.17, 15) is 14.4 Å². The number of hydrogen-bond acceptors (Lipinski definition) is 5. The first-order chi connectivity index (χ1) is 14.0. The second kappa shape index (κ2) is 9.01. The molecule has 0 aliphatic heterocycles. The van der Waals surface area contributed by atoms with E-state index in [1.165, 1.54) is 25.3 Å². The molecule has 1 amide bonds. The van der Waals surface area contributed by atoms with Crippen LogP contribution < -0.4 is 5.32 Å². The Morgan fingerprint density at radius 1 is 1.00 bits per heavy atom. The fourth-order valence-corrected chi connectivity index (χ4v) is 2.78. The van der Waals surface area contributed by atoms with Crippen molar-refractivity contribution in [3.8, 4) is 0 Å². The summed E-state index contributed by atoms with van der Waals surface area (Å²) >= 11 is 0. The minimum absolute atomic E-state index is 0.118. The van der Waals surface area contributed by atoms with Gasteiger partial charge in [0, 0.05) is 5.56 Å². The second-order valence-corrected chi connectivity index (χ2v) is 6.44. The summed E-state index contributed by atoms with van der Waals surface area (Å²) in [5, 5.41) is 2.62. The van der Waals surface area contributed by atoms with E-state index in [1.807, 2.05) is 19.1 Å². The minimum atomic E-state index is -0.969. The van der Waals surface area contributed by atoms with Crippen molar-refractivity contribution in [2.24, 2.45) is 0 Å². The summed E-state index contributed by atoms with van der Waals surface area (Å²) in [6, 6.07) is 16.7. The van der Waals surface area contributed by atoms with Crippen molar-refractivity contribution in [3.63, 3.8) is 0 Å². The van der Waals surface area contributed by atoms with Gasteiger partial charge in [0.2, 0.25) is 5.78 Å². The van der Waals surface area contributed by atoms with Crippen molar-refractivity contribution in [2.45, 2.75) is 26.4 Å². The third kappa shape index (κ3) is 4.79. The summed E-state index contributed by atoms with van der Waals surface area (Å²) in [4.78, 5) is 37.4. The average molecular weight is 391 g/mol. The number of para-hydroxylation sites is 1. The number of Topliss-reactive ketones (excluding diaryl/α,β-unsaturated/α-hetero) is 1. The molecule has 2 aromatic carbocycles. The molecule has 1 aromatic heterocycles. The molecular weight excluding hydrogens is 370 g/mol. The van der Waals surface area contributed by atoms with E-state index in [2.05, 4.69) is 5.32 Å². The summed E-state index contributed by atoms with van der Waals surface area (Å²) in [6.45, 7) is 3.56. The molecule has 148 valence electrons. The monoisotopic (exact) mass is 391 g/mol. The number of amides is 1. The first-order valence-corrected chi connectivity index (χ1v) is 9.27. The second-order valence-electron chi connectivity index (χ2n) is 6.44. The molecule has 0 radical (unpaired) electrons. The molecular formula is C23H21NO5. The maximum Gasteiger partial charge on any atom is 0.340 e. The Morgan fingerprint density at radius 2 is 1.72 bits per heavy atom. The Balaban J connectivity index is 1.71. The van der Waals surface area contributed by atoms with Gasteiger partial charge in [0.15, 0.2) is 11.9 Å². The van der Waals surface area contributed by atoms with Gasteiger partial charge in [-0.2, -0.15) is 0 Å². The highest BCUT2D eigenvalue weighted by Gasteiger charge is 2.23. The molecule has 0 spiro atoms. The molecule has 1 atom stereocenters. The molecule has 6 heteroatoms. The van der Waals surface area contributed by atoms with Crippen LogP contribution in [0.4, 0.5) is 5.69 Å². The Morgan fingerprint density at radius 3 is 2.38 bits per heavy atom. The molecule has 0 saturated heterocycles. The molecule has 1 unspecified atom stereocenters. The third-order valence-electron chi connectivity index (χ3n) is 4.44. The molecule has 0 saturated carbocycles. The number of aryl methyl sites for hydroxylation is 1. The summed E-state index contributed by atoms with van der Waals surface area (Å²) in [5.74, 6) is -1.37. The fraction of sp³-hybridized carbons (Fsp3) is 0.174. The van der Waals surface area contributed by atoms with Crippen molar-refractivity contribution in [3.05, 3.63) is 89.4 Å². The quantitative estimate of drug-likeness (QED) is 0.473. The number of rotatable bonds is 7. The number of furan rings is 1. The maximum atomic E-state index is 12.6. The van der Waals surface area contributed by atoms with Gasteiger partial charge in [-0.1, -0.05) is 43.3 Å². The minimum Gasteiger partial charge on any atom is -0.459 e. The molecule has 3 rings (SSSR count). The first kappa shape index (κ1) is 20.1. The van der Waals surface area contributed by atoms with Gasteiger partial charge in [0.25, 0.3) is 5.91 Å². The Bertz CT molecular complexity index is 1010. The van der Waals surface area contributed by atoms with Gasteiger partial charge < -0.3 is 14.5 Å². The van der Waals surface area contributed by atoms with E-state index in [0.717, 1.165) is 12.0 Å². The van der Waals surface area contributed by atoms with Gasteiger partial charge in [0.05, 0.1) is 17.5 Å². The lowest BCUT2D eigenvalue weighted by Crippen LogP contribution is -2.25. The summed E-state index contributed by atoms with van der Waals surface area (Å²) in [6.07, 6.45) is 1.29. The van der Waals surface area contributed by atoms with Crippen LogP contribution in [-0.2, 0) is 11.2 Å². The number of carbonyl (C=O) groups is 3. The van der Waals surface area contributed by atoms with E-state index < -0.39 is 18.0 Å². The number of anilines is 1. The van der Waals surface area contributed by atoms with Gasteiger partial charge in [0.1, 0.15) is 0 Å². The Labute approximate surface area is 168 Å². The number of benzene rings is 2. The lowest BCUT2D eigenvalue weighted by molar-refractivity contribution is 0.0320. The van der Waals surface area contributed by atoms with Crippen molar-refractivity contribution in [1.82, 2.24) is 0 Å². The van der Waals surface area contributed by atoms with E-state index >= 15 is 0 Å². The number of esters is 1. The summed E-state index contributed by atoms with van der Waals surface area (Å²) < 4.78 is 10.4. The first-order valence-electron chi connectivity index (χ1n) is 9.27. The SMILES string of the molecule is CCc1ccc(C(=O)C(C)OC(=O)c2ccccc2NC(=O)c2ccco2)cc1. The molecule has 0 aliphatic rings. The lowest BCUT2D eigenvalue weighted by Gasteiger charge is -2.15. The van der Waals surface area contributed by atoms with Crippen LogP contribution in [0, 0.1) is 0 Å². The number of ether oxygens (including phenoxy) is 1. The largest absolute Gasteiger partial charge is 0.459 e. The van der Waals surface area contributed by atoms with Gasteiger partial charge in [-0.05, 0) is 43.2 Å². The molecule has 0 aliphatic carbocycles. The van der Waals surface area contributed by atoms with Crippen LogP contribution in [0.3, 0.4) is 0 Å². The number of hydrogen-bond donors (Lipinski definition) is 1. The van der Waals surface area contributed by atoms with Gasteiger partial charge in [-0.3, -0.25) is 9.59 Å². The van der Waals surface area contributed by atoms with Gasteiger partial charge in [-0.25, -0.2) is 4.79 Å². The zero-order chi connectivity index (χ0) is 20.8. The Hall–Kier alpha value is -3.67. The normalized spacial score (nSPS) is 11.5. The van der Waals surface area contributed by atoms with Crippen molar-refractivity contribution < 1.29 is 23.5 Å². The van der Waals surface area contributed by atoms with Crippen LogP contribution in [0.5, 0.6) is 0 Å². The van der Waals surface area contributed by atoms with Gasteiger partial charge in [-0.15, -0.1) is 0 Å². The average Bonchev–Trinajstić information content (AvgIpc) is 3.28. The van der Waals surface area contributed by atoms with Crippen LogP contribution in [0.15, 0.2) is 71.3 Å². The zero-order valence-electron chi connectivity index (χ0n) is 16.2. The highest BCUT2D eigenvalue weighted by molar-refractivity contribution is 6.07. The smallest absolute Gasteiger partial charge is 0.340 e. The molecule has 1 N–H and O–H groups in total. The molecule has 0 fully saturated rings. The van der Waals surface area contributed by atoms with E-state index in [4.69, 9.17) is 9.15 Å².